The van der Waals surface area contributed by atoms with Crippen LogP contribution in [-0.4, -0.2) is 69.3 Å². The van der Waals surface area contributed by atoms with Gasteiger partial charge in [0.1, 0.15) is 24.2 Å². The van der Waals surface area contributed by atoms with Gasteiger partial charge in [0.2, 0.25) is 11.4 Å². The van der Waals surface area contributed by atoms with E-state index < -0.39 is 28.7 Å². The van der Waals surface area contributed by atoms with Gasteiger partial charge in [0.25, 0.3) is 5.91 Å². The molecule has 2 aromatic heterocycles. The summed E-state index contributed by atoms with van der Waals surface area (Å²) >= 11 is 2.47. The highest BCUT2D eigenvalue weighted by Gasteiger charge is 2.59. The van der Waals surface area contributed by atoms with E-state index >= 15 is 0 Å². The standard InChI is InChI=1S/C23H23N7O5S2/c1-35-28-16(14-8-36-22(25)26-14)18(31)27-17-19(32)30-10-23(21(33)34,11-37-20(17)30)9-29-7-6-13(24)12-4-2-3-5-15(12)29/h2-8,17,20,24H,9-11H2,1H3,(H4,25,26,27,31,33,34)/p+1/t17?,20-,23?/m1/s1. The van der Waals surface area contributed by atoms with E-state index in [1.807, 2.05) is 28.8 Å². The lowest BCUT2D eigenvalue weighted by molar-refractivity contribution is -0.681. The maximum Gasteiger partial charge on any atom is 0.318 e. The van der Waals surface area contributed by atoms with Gasteiger partial charge in [-0.3, -0.25) is 14.4 Å². The maximum absolute atomic E-state index is 13.0. The van der Waals surface area contributed by atoms with Gasteiger partial charge in [-0.05, 0) is 6.07 Å². The van der Waals surface area contributed by atoms with Crippen LogP contribution in [0.4, 0.5) is 10.8 Å². The highest BCUT2D eigenvalue weighted by atomic mass is 32.2. The Labute approximate surface area is 219 Å². The number of thiazole rings is 1. The van der Waals surface area contributed by atoms with Crippen molar-refractivity contribution in [1.29, 1.82) is 0 Å². The van der Waals surface area contributed by atoms with Gasteiger partial charge >= 0.3 is 5.97 Å². The summed E-state index contributed by atoms with van der Waals surface area (Å²) < 4.78 is 1.86. The molecule has 0 bridgehead atoms. The Kier molecular flexibility index (Phi) is 6.37. The lowest BCUT2D eigenvalue weighted by atomic mass is 9.86. The number of hydrogen-bond donors (Lipinski definition) is 4. The third-order valence-electron chi connectivity index (χ3n) is 6.48. The summed E-state index contributed by atoms with van der Waals surface area (Å²) in [6.45, 7) is 0.165. The molecule has 0 aliphatic carbocycles. The van der Waals surface area contributed by atoms with Crippen LogP contribution in [0.25, 0.3) is 10.9 Å². The number of pyridine rings is 1. The summed E-state index contributed by atoms with van der Waals surface area (Å²) in [6.07, 6.45) is 1.77. The topological polar surface area (TPSA) is 177 Å². The minimum Gasteiger partial charge on any atom is -0.481 e. The number of thioether (sulfide) groups is 1. The number of carbonyl (C=O) groups is 3. The first-order valence-electron chi connectivity index (χ1n) is 11.2. The number of nitrogens with zero attached hydrogens (tertiary/aromatic N) is 4. The molecule has 2 aliphatic heterocycles. The molecule has 3 atom stereocenters. The maximum atomic E-state index is 13.0. The molecule has 2 aliphatic rings. The Morgan fingerprint density at radius 2 is 2.14 bits per heavy atom. The van der Waals surface area contributed by atoms with Gasteiger partial charge in [0.05, 0.1) is 11.1 Å². The Morgan fingerprint density at radius 3 is 2.84 bits per heavy atom. The molecule has 0 radical (unpaired) electrons. The van der Waals surface area contributed by atoms with E-state index in [0.717, 1.165) is 22.2 Å². The van der Waals surface area contributed by atoms with Gasteiger partial charge in [0, 0.05) is 29.8 Å². The fraction of sp³-hybridized carbons (Fsp3) is 0.304. The van der Waals surface area contributed by atoms with Gasteiger partial charge in [0.15, 0.2) is 29.0 Å². The quantitative estimate of drug-likeness (QED) is 0.141. The number of benzene rings is 1. The van der Waals surface area contributed by atoms with Gasteiger partial charge in [-0.2, -0.15) is 4.57 Å². The number of aliphatic carboxylic acids is 1. The van der Waals surface area contributed by atoms with Gasteiger partial charge in [-0.15, -0.1) is 23.1 Å². The second-order valence-corrected chi connectivity index (χ2v) is 10.8. The number of carboxylic acids is 1. The van der Waals surface area contributed by atoms with E-state index in [1.54, 1.807) is 17.6 Å². The third kappa shape index (κ3) is 4.31. The molecular formula is C23H24N7O5S2+. The van der Waals surface area contributed by atoms with Crippen LogP contribution in [0.2, 0.25) is 0 Å². The highest BCUT2D eigenvalue weighted by molar-refractivity contribution is 8.00. The second-order valence-electron chi connectivity index (χ2n) is 8.81. The smallest absolute Gasteiger partial charge is 0.318 e. The zero-order chi connectivity index (χ0) is 26.3. The first-order valence-corrected chi connectivity index (χ1v) is 13.1. The number of β-lactam (4-membered cyclic amide) rings is 1. The number of anilines is 2. The normalized spacial score (nSPS) is 23.3. The number of oxime groups is 1. The van der Waals surface area contributed by atoms with Crippen LogP contribution >= 0.6 is 23.1 Å². The highest BCUT2D eigenvalue weighted by Crippen LogP contribution is 2.42. The Hall–Kier alpha value is -3.91. The summed E-state index contributed by atoms with van der Waals surface area (Å²) in [5, 5.41) is 18.9. The van der Waals surface area contributed by atoms with E-state index in [-0.39, 0.29) is 41.3 Å². The number of aromatic nitrogens is 2. The number of amides is 2. The molecular weight excluding hydrogens is 518 g/mol. The number of rotatable bonds is 7. The van der Waals surface area contributed by atoms with Gasteiger partial charge in [-0.25, -0.2) is 4.98 Å². The first kappa shape index (κ1) is 24.8. The largest absolute Gasteiger partial charge is 0.481 e. The Morgan fingerprint density at radius 1 is 1.35 bits per heavy atom. The fourth-order valence-corrected chi connectivity index (χ4v) is 6.67. The van der Waals surface area contributed by atoms with Crippen molar-refractivity contribution in [2.45, 2.75) is 18.0 Å². The van der Waals surface area contributed by atoms with Gasteiger partial charge < -0.3 is 31.6 Å². The SMILES string of the molecule is CON=C(C(=O)NC1C(=O)N2CC(C[n+]3ccc(N)c4ccccc43)(C(=O)O)CS[C@H]12)c1csc(N)n1. The summed E-state index contributed by atoms with van der Waals surface area (Å²) in [7, 11) is 1.30. The van der Waals surface area contributed by atoms with Crippen LogP contribution in [0.15, 0.2) is 47.1 Å². The zero-order valence-corrected chi connectivity index (χ0v) is 21.3. The minimum atomic E-state index is -1.23. The number of para-hydroxylation sites is 1. The fourth-order valence-electron chi connectivity index (χ4n) is 4.59. The van der Waals surface area contributed by atoms with Crippen LogP contribution in [0.3, 0.4) is 0 Å². The number of hydrogen-bond acceptors (Lipinski definition) is 10. The second kappa shape index (κ2) is 9.52. The number of carbonyl (C=O) groups excluding carboxylic acids is 2. The molecule has 0 spiro atoms. The van der Waals surface area contributed by atoms with Crippen molar-refractivity contribution in [3.8, 4) is 0 Å². The van der Waals surface area contributed by atoms with E-state index in [0.29, 0.717) is 5.69 Å². The molecule has 6 N–H and O–H groups in total. The average molecular weight is 543 g/mol. The molecule has 2 amide bonds. The summed E-state index contributed by atoms with van der Waals surface area (Å²) in [6, 6.07) is 8.42. The summed E-state index contributed by atoms with van der Waals surface area (Å²) in [4.78, 5) is 48.8. The van der Waals surface area contributed by atoms with Crippen LogP contribution < -0.4 is 21.4 Å². The molecule has 0 saturated carbocycles. The molecule has 3 aromatic rings. The Bertz CT molecular complexity index is 1440. The van der Waals surface area contributed by atoms with Crippen LogP contribution in [0.1, 0.15) is 5.69 Å². The van der Waals surface area contributed by atoms with Crippen molar-refractivity contribution in [1.82, 2.24) is 15.2 Å². The van der Waals surface area contributed by atoms with Crippen LogP contribution in [0, 0.1) is 5.41 Å². The van der Waals surface area contributed by atoms with Crippen molar-refractivity contribution < 1.29 is 28.9 Å². The van der Waals surface area contributed by atoms with E-state index in [9.17, 15) is 19.5 Å². The molecule has 1 aromatic carbocycles. The van der Waals surface area contributed by atoms with Crippen molar-refractivity contribution in [2.75, 3.05) is 30.9 Å². The molecule has 2 unspecified atom stereocenters. The number of nitrogens with two attached hydrogens (primary N) is 2. The molecule has 12 nitrogen and oxygen atoms in total. The van der Waals surface area contributed by atoms with Crippen molar-refractivity contribution in [3.63, 3.8) is 0 Å². The molecule has 2 saturated heterocycles. The van der Waals surface area contributed by atoms with Crippen molar-refractivity contribution >= 4 is 68.3 Å². The first-order chi connectivity index (χ1) is 17.7. The monoisotopic (exact) mass is 542 g/mol. The number of fused-ring (bicyclic) bond motifs is 2. The summed E-state index contributed by atoms with van der Waals surface area (Å²) in [5.74, 6) is -1.75. The van der Waals surface area contributed by atoms with Crippen LogP contribution in [-0.2, 0) is 25.8 Å². The summed E-state index contributed by atoms with van der Waals surface area (Å²) in [5.41, 5.74) is 12.1. The number of carboxylic acid groups (broad SMARTS) is 1. The van der Waals surface area contributed by atoms with E-state index in [1.165, 1.54) is 23.8 Å². The lowest BCUT2D eigenvalue weighted by Crippen LogP contribution is -2.75. The number of nitrogen functional groups attached to an aromatic ring is 2. The van der Waals surface area contributed by atoms with Gasteiger partial charge in [-0.1, -0.05) is 17.3 Å². The third-order valence-corrected chi connectivity index (χ3v) is 8.74. The van der Waals surface area contributed by atoms with Crippen molar-refractivity contribution in [3.05, 3.63) is 47.6 Å². The van der Waals surface area contributed by atoms with E-state index in [2.05, 4.69) is 15.5 Å². The average Bonchev–Trinajstić information content (AvgIpc) is 3.33. The van der Waals surface area contributed by atoms with Crippen molar-refractivity contribution in [2.24, 2.45) is 10.6 Å². The molecule has 37 heavy (non-hydrogen) atoms. The molecule has 14 heteroatoms. The number of nitrogens with one attached hydrogen (secondary N) is 1. The zero-order valence-electron chi connectivity index (χ0n) is 19.7. The molecule has 5 rings (SSSR count). The molecule has 4 heterocycles. The predicted octanol–water partition coefficient (Wildman–Crippen LogP) is 0.270. The van der Waals surface area contributed by atoms with Crippen LogP contribution in [0.5, 0.6) is 0 Å². The predicted molar refractivity (Wildman–Crippen MR) is 139 cm³/mol. The Balaban J connectivity index is 1.34. The molecule has 2 fully saturated rings. The lowest BCUT2D eigenvalue weighted by Gasteiger charge is -2.53. The minimum absolute atomic E-state index is 0.0124. The molecule has 192 valence electrons. The van der Waals surface area contributed by atoms with E-state index in [4.69, 9.17) is 16.3 Å².